The third kappa shape index (κ3) is 7.25. The third-order valence-corrected chi connectivity index (χ3v) is 3.79. The Balaban J connectivity index is 2.06. The molecule has 0 amide bonds. The Morgan fingerprint density at radius 3 is 2.26 bits per heavy atom. The molecular weight excluding hydrogens is 230 g/mol. The molecule has 0 heterocycles. The van der Waals surface area contributed by atoms with Gasteiger partial charge in [0.2, 0.25) is 0 Å². The first-order chi connectivity index (χ1) is 9.24. The van der Waals surface area contributed by atoms with Crippen LogP contribution in [-0.2, 0) is 0 Å². The predicted octanol–water partition coefficient (Wildman–Crippen LogP) is 5.72. The molecule has 0 bridgehead atoms. The minimum atomic E-state index is 0.392. The molecular formula is C18H30N. The fourth-order valence-electron chi connectivity index (χ4n) is 2.50. The van der Waals surface area contributed by atoms with Crippen molar-refractivity contribution in [3.05, 3.63) is 36.8 Å². The van der Waals surface area contributed by atoms with Gasteiger partial charge in [-0.1, -0.05) is 70.4 Å². The van der Waals surface area contributed by atoms with Crippen LogP contribution in [0.3, 0.4) is 0 Å². The maximum Gasteiger partial charge on any atom is 0.0316 e. The van der Waals surface area contributed by atoms with E-state index in [-0.39, 0.29) is 0 Å². The number of hydrogen-bond acceptors (Lipinski definition) is 1. The average Bonchev–Trinajstić information content (AvgIpc) is 2.41. The average molecular weight is 260 g/mol. The summed E-state index contributed by atoms with van der Waals surface area (Å²) in [5, 5.41) is 0. The molecule has 2 N–H and O–H groups in total. The van der Waals surface area contributed by atoms with Crippen molar-refractivity contribution in [2.75, 3.05) is 5.73 Å². The van der Waals surface area contributed by atoms with E-state index in [0.29, 0.717) is 5.92 Å². The molecule has 1 aromatic rings. The first-order valence-electron chi connectivity index (χ1n) is 7.92. The SMILES string of the molecule is [CH2]C(CCCCCCCCCC)c1cccc(N)c1. The molecule has 0 saturated carbocycles. The van der Waals surface area contributed by atoms with Gasteiger partial charge < -0.3 is 5.73 Å². The summed E-state index contributed by atoms with van der Waals surface area (Å²) in [6.07, 6.45) is 12.2. The van der Waals surface area contributed by atoms with Gasteiger partial charge in [0, 0.05) is 5.69 Å². The number of rotatable bonds is 10. The van der Waals surface area contributed by atoms with E-state index < -0.39 is 0 Å². The third-order valence-electron chi connectivity index (χ3n) is 3.79. The van der Waals surface area contributed by atoms with Crippen LogP contribution in [0.1, 0.15) is 76.2 Å². The molecule has 0 fully saturated rings. The molecule has 0 aliphatic rings. The lowest BCUT2D eigenvalue weighted by Gasteiger charge is -2.12. The maximum atomic E-state index is 5.80. The molecule has 0 aliphatic heterocycles. The molecule has 1 unspecified atom stereocenters. The first kappa shape index (κ1) is 16.1. The van der Waals surface area contributed by atoms with Crippen molar-refractivity contribution in [1.29, 1.82) is 0 Å². The van der Waals surface area contributed by atoms with Gasteiger partial charge >= 0.3 is 0 Å². The van der Waals surface area contributed by atoms with Crippen molar-refractivity contribution in [3.63, 3.8) is 0 Å². The van der Waals surface area contributed by atoms with Crippen molar-refractivity contribution >= 4 is 5.69 Å². The van der Waals surface area contributed by atoms with Gasteiger partial charge in [0.1, 0.15) is 0 Å². The minimum Gasteiger partial charge on any atom is -0.399 e. The number of benzene rings is 1. The van der Waals surface area contributed by atoms with Crippen LogP contribution in [0.25, 0.3) is 0 Å². The molecule has 1 aromatic carbocycles. The van der Waals surface area contributed by atoms with Gasteiger partial charge in [-0.3, -0.25) is 0 Å². The van der Waals surface area contributed by atoms with Gasteiger partial charge in [0.25, 0.3) is 0 Å². The van der Waals surface area contributed by atoms with E-state index in [0.717, 1.165) is 5.69 Å². The lowest BCUT2D eigenvalue weighted by Crippen LogP contribution is -1.96. The van der Waals surface area contributed by atoms with E-state index in [1.165, 1.54) is 63.4 Å². The highest BCUT2D eigenvalue weighted by Crippen LogP contribution is 2.23. The van der Waals surface area contributed by atoms with Crippen LogP contribution in [0.15, 0.2) is 24.3 Å². The quantitative estimate of drug-likeness (QED) is 0.423. The lowest BCUT2D eigenvalue weighted by molar-refractivity contribution is 0.554. The van der Waals surface area contributed by atoms with Crippen LogP contribution in [0.4, 0.5) is 5.69 Å². The summed E-state index contributed by atoms with van der Waals surface area (Å²) in [5.41, 5.74) is 7.93. The molecule has 1 rings (SSSR count). The smallest absolute Gasteiger partial charge is 0.0316 e. The standard InChI is InChI=1S/C18H30N/c1-3-4-5-6-7-8-9-10-12-16(2)17-13-11-14-18(19)15-17/h11,13-16H,2-10,12,19H2,1H3. The largest absolute Gasteiger partial charge is 0.399 e. The molecule has 1 nitrogen and oxygen atoms in total. The second kappa shape index (κ2) is 9.89. The summed E-state index contributed by atoms with van der Waals surface area (Å²) in [5.74, 6) is 0.392. The maximum absolute atomic E-state index is 5.80. The van der Waals surface area contributed by atoms with E-state index in [9.17, 15) is 0 Å². The Bertz CT molecular complexity index is 332. The highest BCUT2D eigenvalue weighted by Gasteiger charge is 2.05. The minimum absolute atomic E-state index is 0.392. The lowest BCUT2D eigenvalue weighted by atomic mass is 9.94. The van der Waals surface area contributed by atoms with Crippen LogP contribution in [0.2, 0.25) is 0 Å². The van der Waals surface area contributed by atoms with Crippen LogP contribution >= 0.6 is 0 Å². The monoisotopic (exact) mass is 260 g/mol. The Labute approximate surface area is 119 Å². The van der Waals surface area contributed by atoms with Gasteiger partial charge in [0.05, 0.1) is 0 Å². The summed E-state index contributed by atoms with van der Waals surface area (Å²) >= 11 is 0. The Morgan fingerprint density at radius 2 is 1.63 bits per heavy atom. The molecule has 0 aliphatic carbocycles. The number of unbranched alkanes of at least 4 members (excludes halogenated alkanes) is 7. The normalized spacial score (nSPS) is 12.5. The highest BCUT2D eigenvalue weighted by molar-refractivity contribution is 5.42. The van der Waals surface area contributed by atoms with Crippen molar-refractivity contribution in [2.24, 2.45) is 0 Å². The summed E-state index contributed by atoms with van der Waals surface area (Å²) < 4.78 is 0. The van der Waals surface area contributed by atoms with E-state index >= 15 is 0 Å². The molecule has 1 atom stereocenters. The molecule has 19 heavy (non-hydrogen) atoms. The zero-order chi connectivity index (χ0) is 13.9. The summed E-state index contributed by atoms with van der Waals surface area (Å²) in [6, 6.07) is 8.16. The molecule has 0 aromatic heterocycles. The van der Waals surface area contributed by atoms with Gasteiger partial charge in [-0.2, -0.15) is 0 Å². The second-order valence-corrected chi connectivity index (χ2v) is 5.63. The molecule has 1 heteroatoms. The first-order valence-corrected chi connectivity index (χ1v) is 7.92. The fraction of sp³-hybridized carbons (Fsp3) is 0.611. The second-order valence-electron chi connectivity index (χ2n) is 5.63. The topological polar surface area (TPSA) is 26.0 Å². The van der Waals surface area contributed by atoms with Crippen LogP contribution in [0.5, 0.6) is 0 Å². The number of nitrogen functional groups attached to an aromatic ring is 1. The highest BCUT2D eigenvalue weighted by atomic mass is 14.5. The van der Waals surface area contributed by atoms with Crippen LogP contribution in [0, 0.1) is 6.92 Å². The van der Waals surface area contributed by atoms with E-state index in [4.69, 9.17) is 5.73 Å². The molecule has 0 saturated heterocycles. The van der Waals surface area contributed by atoms with Crippen molar-refractivity contribution < 1.29 is 0 Å². The van der Waals surface area contributed by atoms with Gasteiger partial charge in [-0.25, -0.2) is 0 Å². The Hall–Kier alpha value is -0.980. The Kier molecular flexibility index (Phi) is 8.36. The van der Waals surface area contributed by atoms with E-state index in [1.807, 2.05) is 12.1 Å². The molecule has 0 spiro atoms. The fourth-order valence-corrected chi connectivity index (χ4v) is 2.50. The van der Waals surface area contributed by atoms with E-state index in [1.54, 1.807) is 0 Å². The summed E-state index contributed by atoms with van der Waals surface area (Å²) in [7, 11) is 0. The molecule has 107 valence electrons. The van der Waals surface area contributed by atoms with Gasteiger partial charge in [0.15, 0.2) is 0 Å². The Morgan fingerprint density at radius 1 is 1.00 bits per heavy atom. The number of nitrogens with two attached hydrogens (primary N) is 1. The predicted molar refractivity (Wildman–Crippen MR) is 86.2 cm³/mol. The summed E-state index contributed by atoms with van der Waals surface area (Å²) in [6.45, 7) is 6.52. The van der Waals surface area contributed by atoms with Crippen molar-refractivity contribution in [1.82, 2.24) is 0 Å². The number of hydrogen-bond donors (Lipinski definition) is 1. The van der Waals surface area contributed by atoms with Gasteiger partial charge in [-0.15, -0.1) is 0 Å². The van der Waals surface area contributed by atoms with Crippen molar-refractivity contribution in [3.8, 4) is 0 Å². The van der Waals surface area contributed by atoms with E-state index in [2.05, 4.69) is 26.0 Å². The zero-order valence-electron chi connectivity index (χ0n) is 12.5. The van der Waals surface area contributed by atoms with Crippen LogP contribution < -0.4 is 5.73 Å². The summed E-state index contributed by atoms with van der Waals surface area (Å²) in [4.78, 5) is 0. The molecule has 1 radical (unpaired) electrons. The van der Waals surface area contributed by atoms with Crippen molar-refractivity contribution in [2.45, 2.75) is 70.6 Å². The van der Waals surface area contributed by atoms with Gasteiger partial charge in [-0.05, 0) is 37.0 Å². The van der Waals surface area contributed by atoms with Crippen LogP contribution in [-0.4, -0.2) is 0 Å². The number of anilines is 1. The zero-order valence-corrected chi connectivity index (χ0v) is 12.5.